The molecule has 0 radical (unpaired) electrons. The van der Waals surface area contributed by atoms with E-state index < -0.39 is 28.4 Å². The minimum atomic E-state index is -0.703. The molecule has 0 aliphatic heterocycles. The first-order chi connectivity index (χ1) is 13.7. The molecule has 1 aliphatic rings. The molecule has 0 N–H and O–H groups in total. The van der Waals surface area contributed by atoms with Gasteiger partial charge in [-0.2, -0.15) is 0 Å². The first kappa shape index (κ1) is 20.7. The van der Waals surface area contributed by atoms with Crippen LogP contribution in [0.1, 0.15) is 36.5 Å². The third-order valence-electron chi connectivity index (χ3n) is 5.84. The molecular formula is C21H23NO7. The normalized spacial score (nSPS) is 21.5. The van der Waals surface area contributed by atoms with Gasteiger partial charge in [-0.3, -0.25) is 19.7 Å². The second kappa shape index (κ2) is 8.14. The molecule has 1 saturated carbocycles. The van der Waals surface area contributed by atoms with Gasteiger partial charge < -0.3 is 9.15 Å². The third-order valence-corrected chi connectivity index (χ3v) is 5.84. The number of benzene rings is 1. The predicted octanol–water partition coefficient (Wildman–Crippen LogP) is 2.96. The summed E-state index contributed by atoms with van der Waals surface area (Å²) in [6.45, 7) is 5.06. The van der Waals surface area contributed by atoms with Crippen molar-refractivity contribution >= 4 is 22.7 Å². The molecule has 1 fully saturated rings. The average molecular weight is 401 g/mol. The van der Waals surface area contributed by atoms with Crippen molar-refractivity contribution in [1.29, 1.82) is 0 Å². The van der Waals surface area contributed by atoms with E-state index in [1.54, 1.807) is 13.0 Å². The van der Waals surface area contributed by atoms with Crippen LogP contribution in [-0.4, -0.2) is 23.2 Å². The second-order valence-electron chi connectivity index (χ2n) is 7.77. The summed E-state index contributed by atoms with van der Waals surface area (Å²) < 4.78 is 10.6. The van der Waals surface area contributed by atoms with Crippen molar-refractivity contribution in [3.05, 3.63) is 55.4 Å². The first-order valence-electron chi connectivity index (χ1n) is 9.50. The molecule has 0 spiro atoms. The number of nitrogens with zero attached hydrogens (tertiary/aromatic N) is 1. The van der Waals surface area contributed by atoms with E-state index in [-0.39, 0.29) is 37.7 Å². The highest BCUT2D eigenvalue weighted by molar-refractivity contribution is 5.88. The van der Waals surface area contributed by atoms with E-state index in [2.05, 4.69) is 0 Å². The highest BCUT2D eigenvalue weighted by Crippen LogP contribution is 2.36. The Kier molecular flexibility index (Phi) is 5.81. The number of carbonyl (C=O) groups excluding carboxylic acids is 2. The largest absolute Gasteiger partial charge is 0.461 e. The van der Waals surface area contributed by atoms with Crippen LogP contribution in [0.4, 0.5) is 0 Å². The zero-order valence-corrected chi connectivity index (χ0v) is 16.6. The quantitative estimate of drug-likeness (QED) is 0.316. The molecular weight excluding hydrogens is 378 g/mol. The summed E-state index contributed by atoms with van der Waals surface area (Å²) >= 11 is 0. The van der Waals surface area contributed by atoms with Gasteiger partial charge in [-0.1, -0.05) is 19.1 Å². The molecule has 2 aromatic rings. The highest BCUT2D eigenvalue weighted by atomic mass is 16.6. The fourth-order valence-corrected chi connectivity index (χ4v) is 4.04. The maximum absolute atomic E-state index is 12.4. The summed E-state index contributed by atoms with van der Waals surface area (Å²) in [6.07, 6.45) is 0.0403. The molecule has 3 atom stereocenters. The third kappa shape index (κ3) is 4.36. The summed E-state index contributed by atoms with van der Waals surface area (Å²) in [6, 6.07) is 4.98. The summed E-state index contributed by atoms with van der Waals surface area (Å²) in [4.78, 5) is 46.9. The van der Waals surface area contributed by atoms with Gasteiger partial charge >= 0.3 is 11.6 Å². The Morgan fingerprint density at radius 2 is 2.03 bits per heavy atom. The van der Waals surface area contributed by atoms with Crippen LogP contribution < -0.4 is 5.63 Å². The number of Topliss-reactive ketones (excluding diaryl/α,β-unsaturated/α-hetero) is 1. The number of ketones is 1. The van der Waals surface area contributed by atoms with Gasteiger partial charge in [0.15, 0.2) is 0 Å². The maximum atomic E-state index is 12.4. The number of hydrogen-bond acceptors (Lipinski definition) is 7. The zero-order valence-electron chi connectivity index (χ0n) is 16.6. The summed E-state index contributed by atoms with van der Waals surface area (Å²) in [5.41, 5.74) is 2.24. The molecule has 8 nitrogen and oxygen atoms in total. The number of nitro groups is 1. The monoisotopic (exact) mass is 401 g/mol. The molecule has 154 valence electrons. The Hall–Kier alpha value is -3.03. The molecule has 0 bridgehead atoms. The number of aryl methyl sites for hydroxylation is 2. The Balaban J connectivity index is 1.74. The standard InChI is InChI=1S/C21H23NO7/c1-11-4-5-15-14(7-20(25)29-21(15)13(11)3)10-28-19(24)8-16-17(9-22(26)27)12(2)6-18(16)23/h4-5,7,12,16-17H,6,8-10H2,1-3H3/t12-,16-,17+/m1/s1. The molecule has 3 rings (SSSR count). The number of fused-ring (bicyclic) bond motifs is 1. The molecule has 1 aromatic carbocycles. The smallest absolute Gasteiger partial charge is 0.336 e. The molecule has 8 heteroatoms. The van der Waals surface area contributed by atoms with Gasteiger partial charge in [0, 0.05) is 40.2 Å². The highest BCUT2D eigenvalue weighted by Gasteiger charge is 2.44. The number of esters is 1. The van der Waals surface area contributed by atoms with E-state index in [1.165, 1.54) is 6.07 Å². The van der Waals surface area contributed by atoms with E-state index in [1.807, 2.05) is 19.9 Å². The first-order valence-corrected chi connectivity index (χ1v) is 9.50. The van der Waals surface area contributed by atoms with E-state index in [9.17, 15) is 24.5 Å². The van der Waals surface area contributed by atoms with E-state index in [0.29, 0.717) is 16.5 Å². The van der Waals surface area contributed by atoms with E-state index in [4.69, 9.17) is 9.15 Å². The molecule has 29 heavy (non-hydrogen) atoms. The van der Waals surface area contributed by atoms with Crippen LogP contribution in [0.15, 0.2) is 27.4 Å². The van der Waals surface area contributed by atoms with Crippen molar-refractivity contribution in [2.45, 2.75) is 40.2 Å². The summed E-state index contributed by atoms with van der Waals surface area (Å²) in [5, 5.41) is 11.6. The second-order valence-corrected chi connectivity index (χ2v) is 7.77. The summed E-state index contributed by atoms with van der Waals surface area (Å²) in [5.74, 6) is -2.07. The number of rotatable bonds is 6. The minimum Gasteiger partial charge on any atom is -0.461 e. The van der Waals surface area contributed by atoms with Crippen molar-refractivity contribution < 1.29 is 23.7 Å². The predicted molar refractivity (Wildman–Crippen MR) is 104 cm³/mol. The van der Waals surface area contributed by atoms with Gasteiger partial charge in [-0.05, 0) is 30.9 Å². The summed E-state index contributed by atoms with van der Waals surface area (Å²) in [7, 11) is 0. The molecule has 1 heterocycles. The van der Waals surface area contributed by atoms with Gasteiger partial charge in [-0.15, -0.1) is 0 Å². The van der Waals surface area contributed by atoms with Crippen LogP contribution in [-0.2, 0) is 20.9 Å². The Morgan fingerprint density at radius 1 is 1.31 bits per heavy atom. The molecule has 0 unspecified atom stereocenters. The SMILES string of the molecule is Cc1ccc2c(COC(=O)C[C@H]3C(=O)C[C@@H](C)[C@@H]3C[N+](=O)[O-])cc(=O)oc2c1C. The fraction of sp³-hybridized carbons (Fsp3) is 0.476. The van der Waals surface area contributed by atoms with Gasteiger partial charge in [0.1, 0.15) is 18.0 Å². The topological polar surface area (TPSA) is 117 Å². The lowest BCUT2D eigenvalue weighted by atomic mass is 9.88. The average Bonchev–Trinajstić information content (AvgIpc) is 2.89. The van der Waals surface area contributed by atoms with Crippen molar-refractivity contribution in [2.24, 2.45) is 17.8 Å². The van der Waals surface area contributed by atoms with Crippen LogP contribution in [0.5, 0.6) is 0 Å². The maximum Gasteiger partial charge on any atom is 0.336 e. The Bertz CT molecular complexity index is 1040. The van der Waals surface area contributed by atoms with Crippen LogP contribution in [0, 0.1) is 41.7 Å². The Morgan fingerprint density at radius 3 is 2.72 bits per heavy atom. The number of hydrogen-bond donors (Lipinski definition) is 0. The lowest BCUT2D eigenvalue weighted by Crippen LogP contribution is -2.27. The van der Waals surface area contributed by atoms with Gasteiger partial charge in [0.05, 0.1) is 6.42 Å². The van der Waals surface area contributed by atoms with Crippen molar-refractivity contribution in [1.82, 2.24) is 0 Å². The van der Waals surface area contributed by atoms with Crippen LogP contribution in [0.3, 0.4) is 0 Å². The Labute approximate surface area is 167 Å². The number of ether oxygens (including phenoxy) is 1. The lowest BCUT2D eigenvalue weighted by Gasteiger charge is -2.17. The van der Waals surface area contributed by atoms with Crippen molar-refractivity contribution in [2.75, 3.05) is 6.54 Å². The van der Waals surface area contributed by atoms with E-state index >= 15 is 0 Å². The fourth-order valence-electron chi connectivity index (χ4n) is 4.04. The zero-order chi connectivity index (χ0) is 21.3. The number of carbonyl (C=O) groups is 2. The van der Waals surface area contributed by atoms with Crippen LogP contribution in [0.2, 0.25) is 0 Å². The minimum absolute atomic E-state index is 0.139. The lowest BCUT2D eigenvalue weighted by molar-refractivity contribution is -0.490. The van der Waals surface area contributed by atoms with Gasteiger partial charge in [0.2, 0.25) is 6.54 Å². The molecule has 0 amide bonds. The van der Waals surface area contributed by atoms with Crippen LogP contribution >= 0.6 is 0 Å². The van der Waals surface area contributed by atoms with Crippen molar-refractivity contribution in [3.8, 4) is 0 Å². The molecule has 0 saturated heterocycles. The van der Waals surface area contributed by atoms with Crippen LogP contribution in [0.25, 0.3) is 11.0 Å². The van der Waals surface area contributed by atoms with Gasteiger partial charge in [-0.25, -0.2) is 4.79 Å². The van der Waals surface area contributed by atoms with Crippen molar-refractivity contribution in [3.63, 3.8) is 0 Å². The molecule has 1 aromatic heterocycles. The van der Waals surface area contributed by atoms with E-state index in [0.717, 1.165) is 11.1 Å². The van der Waals surface area contributed by atoms with Gasteiger partial charge in [0.25, 0.3) is 0 Å². The molecule has 1 aliphatic carbocycles.